The molecule has 2 bridgehead atoms. The van der Waals surface area contributed by atoms with Crippen molar-refractivity contribution in [3.05, 3.63) is 0 Å². The third-order valence-corrected chi connectivity index (χ3v) is 3.63. The van der Waals surface area contributed by atoms with Gasteiger partial charge < -0.3 is 10.2 Å². The Hall–Kier alpha value is -0.710. The molecule has 3 nitrogen and oxygen atoms in total. The lowest BCUT2D eigenvalue weighted by molar-refractivity contribution is -0.221. The molecule has 3 atom stereocenters. The second-order valence-corrected chi connectivity index (χ2v) is 4.38. The summed E-state index contributed by atoms with van der Waals surface area (Å²) in [4.78, 5) is 10.4. The van der Waals surface area contributed by atoms with Crippen molar-refractivity contribution in [1.82, 2.24) is 0 Å². The van der Waals surface area contributed by atoms with Crippen molar-refractivity contribution < 1.29 is 23.8 Å². The molecule has 80 valence electrons. The fourth-order valence-electron chi connectivity index (χ4n) is 2.87. The highest BCUT2D eigenvalue weighted by atomic mass is 19.3. The van der Waals surface area contributed by atoms with Crippen LogP contribution in [0, 0.1) is 11.8 Å². The van der Waals surface area contributed by atoms with Gasteiger partial charge in [0.25, 0.3) is 0 Å². The normalized spacial score (nSPS) is 41.6. The van der Waals surface area contributed by atoms with E-state index in [0.717, 1.165) is 6.42 Å². The van der Waals surface area contributed by atoms with Crippen LogP contribution in [0.3, 0.4) is 0 Å². The summed E-state index contributed by atoms with van der Waals surface area (Å²) in [6.45, 7) is 0. The highest BCUT2D eigenvalue weighted by molar-refractivity contribution is 5.77. The molecule has 0 aromatic heterocycles. The number of aliphatic hydroxyl groups is 1. The molecule has 14 heavy (non-hydrogen) atoms. The first-order chi connectivity index (χ1) is 6.38. The molecule has 0 aliphatic heterocycles. The minimum Gasteiger partial charge on any atom is -0.477 e. The minimum atomic E-state index is -4.01. The van der Waals surface area contributed by atoms with E-state index in [-0.39, 0.29) is 12.3 Å². The Kier molecular flexibility index (Phi) is 1.86. The van der Waals surface area contributed by atoms with E-state index in [1.165, 1.54) is 0 Å². The van der Waals surface area contributed by atoms with E-state index in [0.29, 0.717) is 12.8 Å². The summed E-state index contributed by atoms with van der Waals surface area (Å²) in [6, 6.07) is 0. The zero-order valence-corrected chi connectivity index (χ0v) is 7.54. The van der Waals surface area contributed by atoms with Crippen LogP contribution in [0.15, 0.2) is 0 Å². The van der Waals surface area contributed by atoms with Crippen molar-refractivity contribution in [2.24, 2.45) is 11.8 Å². The van der Waals surface area contributed by atoms with Crippen molar-refractivity contribution in [3.8, 4) is 0 Å². The average Bonchev–Trinajstić information content (AvgIpc) is 2.63. The smallest absolute Gasteiger partial charge is 0.377 e. The molecule has 2 fully saturated rings. The summed E-state index contributed by atoms with van der Waals surface area (Å²) in [5.41, 5.74) is -2.30. The first kappa shape index (κ1) is 9.83. The van der Waals surface area contributed by atoms with Gasteiger partial charge in [0.05, 0.1) is 0 Å². The molecule has 3 unspecified atom stereocenters. The zero-order chi connectivity index (χ0) is 10.6. The molecule has 2 aliphatic rings. The molecule has 2 aliphatic carbocycles. The van der Waals surface area contributed by atoms with Gasteiger partial charge in [-0.2, -0.15) is 8.78 Å². The van der Waals surface area contributed by atoms with Crippen LogP contribution in [-0.2, 0) is 4.79 Å². The van der Waals surface area contributed by atoms with Gasteiger partial charge in [-0.1, -0.05) is 0 Å². The van der Waals surface area contributed by atoms with Crippen LogP contribution in [0.25, 0.3) is 0 Å². The molecule has 2 rings (SSSR count). The second kappa shape index (κ2) is 2.66. The quantitative estimate of drug-likeness (QED) is 0.715. The van der Waals surface area contributed by atoms with Gasteiger partial charge >= 0.3 is 11.9 Å². The van der Waals surface area contributed by atoms with Gasteiger partial charge in [0, 0.05) is 0 Å². The van der Waals surface area contributed by atoms with E-state index in [2.05, 4.69) is 0 Å². The third kappa shape index (κ3) is 1.02. The molecule has 0 aromatic rings. The first-order valence-electron chi connectivity index (χ1n) is 4.71. The number of fused-ring (bicyclic) bond motifs is 2. The van der Waals surface area contributed by atoms with Gasteiger partial charge in [-0.15, -0.1) is 0 Å². The van der Waals surface area contributed by atoms with Crippen molar-refractivity contribution in [2.75, 3.05) is 0 Å². The van der Waals surface area contributed by atoms with Crippen molar-refractivity contribution >= 4 is 5.97 Å². The number of carboxylic acids is 1. The van der Waals surface area contributed by atoms with Crippen molar-refractivity contribution in [1.29, 1.82) is 0 Å². The molecule has 5 heteroatoms. The standard InChI is InChI=1S/C9H12F2O3/c10-9(11,7(12)13)8(14)4-5-1-2-6(8)3-5/h5-6,14H,1-4H2,(H,12,13). The Labute approximate surface area is 79.7 Å². The van der Waals surface area contributed by atoms with E-state index in [1.807, 2.05) is 0 Å². The molecule has 2 saturated carbocycles. The molecule has 0 radical (unpaired) electrons. The highest BCUT2D eigenvalue weighted by Gasteiger charge is 2.67. The Balaban J connectivity index is 2.29. The maximum absolute atomic E-state index is 13.2. The molecular weight excluding hydrogens is 194 g/mol. The van der Waals surface area contributed by atoms with Crippen LogP contribution in [-0.4, -0.2) is 27.7 Å². The number of halogens is 2. The van der Waals surface area contributed by atoms with E-state index < -0.39 is 23.4 Å². The second-order valence-electron chi connectivity index (χ2n) is 4.38. The molecule has 0 spiro atoms. The Morgan fingerprint density at radius 2 is 2.07 bits per heavy atom. The zero-order valence-electron chi connectivity index (χ0n) is 7.54. The summed E-state index contributed by atoms with van der Waals surface area (Å²) >= 11 is 0. The van der Waals surface area contributed by atoms with Crippen LogP contribution < -0.4 is 0 Å². The number of rotatable bonds is 2. The summed E-state index contributed by atoms with van der Waals surface area (Å²) in [6.07, 6.45) is 1.82. The van der Waals surface area contributed by atoms with Crippen LogP contribution in [0.1, 0.15) is 25.7 Å². The minimum absolute atomic E-state index is 0.0725. The van der Waals surface area contributed by atoms with Crippen molar-refractivity contribution in [2.45, 2.75) is 37.2 Å². The summed E-state index contributed by atoms with van der Waals surface area (Å²) in [5, 5.41) is 18.1. The number of alkyl halides is 2. The van der Waals surface area contributed by atoms with Crippen LogP contribution in [0.5, 0.6) is 0 Å². The molecule has 0 aromatic carbocycles. The molecule has 0 saturated heterocycles. The van der Waals surface area contributed by atoms with E-state index in [1.54, 1.807) is 0 Å². The lowest BCUT2D eigenvalue weighted by Crippen LogP contribution is -2.56. The monoisotopic (exact) mass is 206 g/mol. The van der Waals surface area contributed by atoms with Gasteiger partial charge in [0.2, 0.25) is 0 Å². The Bertz CT molecular complexity index is 279. The van der Waals surface area contributed by atoms with E-state index in [9.17, 15) is 18.7 Å². The van der Waals surface area contributed by atoms with Crippen LogP contribution >= 0.6 is 0 Å². The largest absolute Gasteiger partial charge is 0.477 e. The average molecular weight is 206 g/mol. The summed E-state index contributed by atoms with van der Waals surface area (Å²) in [7, 11) is 0. The van der Waals surface area contributed by atoms with E-state index in [4.69, 9.17) is 5.11 Å². The van der Waals surface area contributed by atoms with Gasteiger partial charge in [-0.3, -0.25) is 0 Å². The topological polar surface area (TPSA) is 57.5 Å². The SMILES string of the molecule is O=C(O)C(F)(F)C1(O)CC2CCC1C2. The highest BCUT2D eigenvalue weighted by Crippen LogP contribution is 2.56. The van der Waals surface area contributed by atoms with Gasteiger partial charge in [0.1, 0.15) is 5.60 Å². The van der Waals surface area contributed by atoms with Gasteiger partial charge in [0.15, 0.2) is 0 Å². The third-order valence-electron chi connectivity index (χ3n) is 3.63. The van der Waals surface area contributed by atoms with Gasteiger partial charge in [-0.05, 0) is 37.5 Å². The predicted octanol–water partition coefficient (Wildman–Crippen LogP) is 1.26. The number of carboxylic acid groups (broad SMARTS) is 1. The number of hydrogen-bond donors (Lipinski definition) is 2. The first-order valence-corrected chi connectivity index (χ1v) is 4.71. The van der Waals surface area contributed by atoms with Gasteiger partial charge in [-0.25, -0.2) is 4.79 Å². The fraction of sp³-hybridized carbons (Fsp3) is 0.889. The molecule has 0 amide bonds. The lowest BCUT2D eigenvalue weighted by Gasteiger charge is -2.36. The lowest BCUT2D eigenvalue weighted by atomic mass is 9.79. The molecule has 0 heterocycles. The Morgan fingerprint density at radius 1 is 1.43 bits per heavy atom. The Morgan fingerprint density at radius 3 is 2.43 bits per heavy atom. The van der Waals surface area contributed by atoms with Crippen LogP contribution in [0.2, 0.25) is 0 Å². The number of carbonyl (C=O) groups is 1. The predicted molar refractivity (Wildman–Crippen MR) is 43.0 cm³/mol. The number of hydrogen-bond acceptors (Lipinski definition) is 2. The maximum Gasteiger partial charge on any atom is 0.377 e. The molecular formula is C9H12F2O3. The van der Waals surface area contributed by atoms with E-state index >= 15 is 0 Å². The fourth-order valence-corrected chi connectivity index (χ4v) is 2.87. The maximum atomic E-state index is 13.2. The van der Waals surface area contributed by atoms with Crippen LogP contribution in [0.4, 0.5) is 8.78 Å². The number of aliphatic carboxylic acids is 1. The summed E-state index contributed by atoms with van der Waals surface area (Å²) in [5.74, 6) is -6.69. The molecule has 2 N–H and O–H groups in total. The van der Waals surface area contributed by atoms with Crippen molar-refractivity contribution in [3.63, 3.8) is 0 Å². The summed E-state index contributed by atoms with van der Waals surface area (Å²) < 4.78 is 26.5.